The molecule has 4 nitrogen and oxygen atoms in total. The molecule has 1 aromatic carbocycles. The fourth-order valence-corrected chi connectivity index (χ4v) is 2.00. The van der Waals surface area contributed by atoms with Gasteiger partial charge in [-0.1, -0.05) is 19.9 Å². The van der Waals surface area contributed by atoms with E-state index in [0.717, 1.165) is 23.5 Å². The van der Waals surface area contributed by atoms with Crippen LogP contribution in [0, 0.1) is 5.92 Å². The molecule has 2 N–H and O–H groups in total. The van der Waals surface area contributed by atoms with Gasteiger partial charge in [0.15, 0.2) is 0 Å². The quantitative estimate of drug-likeness (QED) is 0.758. The van der Waals surface area contributed by atoms with Crippen LogP contribution in [0.1, 0.15) is 25.8 Å². The van der Waals surface area contributed by atoms with E-state index in [-0.39, 0.29) is 6.10 Å². The molecule has 0 aromatic heterocycles. The summed E-state index contributed by atoms with van der Waals surface area (Å²) in [6.45, 7) is 5.47. The Morgan fingerprint density at radius 2 is 1.95 bits per heavy atom. The average molecular weight is 267 g/mol. The van der Waals surface area contributed by atoms with Gasteiger partial charge in [-0.05, 0) is 18.4 Å². The predicted molar refractivity (Wildman–Crippen MR) is 76.7 cm³/mol. The topological polar surface area (TPSA) is 50.7 Å². The molecule has 108 valence electrons. The molecular weight excluding hydrogens is 242 g/mol. The van der Waals surface area contributed by atoms with E-state index in [0.29, 0.717) is 19.0 Å². The molecule has 1 aromatic rings. The van der Waals surface area contributed by atoms with Gasteiger partial charge in [-0.25, -0.2) is 0 Å². The Labute approximate surface area is 115 Å². The maximum Gasteiger partial charge on any atom is 0.127 e. The largest absolute Gasteiger partial charge is 0.497 e. The lowest BCUT2D eigenvalue weighted by molar-refractivity contribution is 0.146. The van der Waals surface area contributed by atoms with Gasteiger partial charge in [-0.15, -0.1) is 0 Å². The van der Waals surface area contributed by atoms with Gasteiger partial charge in [-0.3, -0.25) is 0 Å². The van der Waals surface area contributed by atoms with Gasteiger partial charge in [0.1, 0.15) is 11.5 Å². The molecule has 4 heteroatoms. The van der Waals surface area contributed by atoms with Crippen molar-refractivity contribution < 1.29 is 14.6 Å². The summed E-state index contributed by atoms with van der Waals surface area (Å²) in [6.07, 6.45) is 0.511. The van der Waals surface area contributed by atoms with E-state index in [1.807, 2.05) is 18.2 Å². The minimum atomic E-state index is -0.302. The number of ether oxygens (including phenoxy) is 2. The molecule has 1 rings (SSSR count). The standard InChI is InChI=1S/C15H25NO3/c1-11(2)7-13(17)10-16-9-12-5-6-14(18-3)8-15(12)19-4/h5-6,8,11,13,16-17H,7,9-10H2,1-4H3. The molecule has 0 amide bonds. The van der Waals surface area contributed by atoms with E-state index in [9.17, 15) is 5.11 Å². The highest BCUT2D eigenvalue weighted by atomic mass is 16.5. The van der Waals surface area contributed by atoms with E-state index in [1.54, 1.807) is 14.2 Å². The maximum atomic E-state index is 9.79. The summed E-state index contributed by atoms with van der Waals surface area (Å²) >= 11 is 0. The van der Waals surface area contributed by atoms with Gasteiger partial charge < -0.3 is 19.9 Å². The molecule has 0 aliphatic rings. The third kappa shape index (κ3) is 5.49. The Kier molecular flexibility index (Phi) is 6.67. The van der Waals surface area contributed by atoms with Gasteiger partial charge in [0.2, 0.25) is 0 Å². The number of methoxy groups -OCH3 is 2. The number of hydrogen-bond acceptors (Lipinski definition) is 4. The SMILES string of the molecule is COc1ccc(CNCC(O)CC(C)C)c(OC)c1. The zero-order chi connectivity index (χ0) is 14.3. The summed E-state index contributed by atoms with van der Waals surface area (Å²) in [4.78, 5) is 0. The van der Waals surface area contributed by atoms with Crippen LogP contribution in [0.4, 0.5) is 0 Å². The van der Waals surface area contributed by atoms with Gasteiger partial charge in [-0.2, -0.15) is 0 Å². The van der Waals surface area contributed by atoms with Crippen molar-refractivity contribution in [2.45, 2.75) is 32.9 Å². The van der Waals surface area contributed by atoms with Crippen LogP contribution in [-0.4, -0.2) is 32.0 Å². The summed E-state index contributed by atoms with van der Waals surface area (Å²) in [5, 5.41) is 13.0. The second-order valence-electron chi connectivity index (χ2n) is 5.09. The Morgan fingerprint density at radius 3 is 2.53 bits per heavy atom. The lowest BCUT2D eigenvalue weighted by atomic mass is 10.1. The number of aliphatic hydroxyl groups is 1. The maximum absolute atomic E-state index is 9.79. The van der Waals surface area contributed by atoms with E-state index in [1.165, 1.54) is 0 Å². The van der Waals surface area contributed by atoms with Crippen molar-refractivity contribution in [1.82, 2.24) is 5.32 Å². The van der Waals surface area contributed by atoms with Crippen molar-refractivity contribution >= 4 is 0 Å². The van der Waals surface area contributed by atoms with Crippen LogP contribution < -0.4 is 14.8 Å². The molecule has 1 atom stereocenters. The second-order valence-corrected chi connectivity index (χ2v) is 5.09. The monoisotopic (exact) mass is 267 g/mol. The molecule has 0 heterocycles. The number of aliphatic hydroxyl groups excluding tert-OH is 1. The zero-order valence-corrected chi connectivity index (χ0v) is 12.3. The van der Waals surface area contributed by atoms with Crippen LogP contribution in [0.15, 0.2) is 18.2 Å². The summed E-state index contributed by atoms with van der Waals surface area (Å²) < 4.78 is 10.5. The number of nitrogens with one attached hydrogen (secondary N) is 1. The van der Waals surface area contributed by atoms with Crippen molar-refractivity contribution in [1.29, 1.82) is 0 Å². The molecule has 0 aliphatic carbocycles. The molecule has 0 saturated heterocycles. The van der Waals surface area contributed by atoms with Crippen molar-refractivity contribution in [3.8, 4) is 11.5 Å². The summed E-state index contributed by atoms with van der Waals surface area (Å²) in [5.41, 5.74) is 1.06. The molecule has 19 heavy (non-hydrogen) atoms. The smallest absolute Gasteiger partial charge is 0.127 e. The van der Waals surface area contributed by atoms with Crippen LogP contribution in [-0.2, 0) is 6.54 Å². The van der Waals surface area contributed by atoms with Crippen LogP contribution in [0.5, 0.6) is 11.5 Å². The lowest BCUT2D eigenvalue weighted by Gasteiger charge is -2.15. The first kappa shape index (κ1) is 15.8. The molecule has 1 unspecified atom stereocenters. The number of rotatable bonds is 8. The van der Waals surface area contributed by atoms with Gasteiger partial charge >= 0.3 is 0 Å². The molecule has 0 bridgehead atoms. The summed E-state index contributed by atoms with van der Waals surface area (Å²) in [7, 11) is 3.28. The van der Waals surface area contributed by atoms with E-state index in [2.05, 4.69) is 19.2 Å². The van der Waals surface area contributed by atoms with E-state index in [4.69, 9.17) is 9.47 Å². The molecule has 0 spiro atoms. The first-order valence-electron chi connectivity index (χ1n) is 6.66. The molecular formula is C15H25NO3. The third-order valence-corrected chi connectivity index (χ3v) is 2.93. The zero-order valence-electron chi connectivity index (χ0n) is 12.3. The highest BCUT2D eigenvalue weighted by molar-refractivity contribution is 5.40. The Bertz CT molecular complexity index is 380. The van der Waals surface area contributed by atoms with Crippen LogP contribution in [0.2, 0.25) is 0 Å². The van der Waals surface area contributed by atoms with Crippen molar-refractivity contribution in [2.24, 2.45) is 5.92 Å². The summed E-state index contributed by atoms with van der Waals surface area (Å²) in [6, 6.07) is 5.74. The summed E-state index contributed by atoms with van der Waals surface area (Å²) in [5.74, 6) is 2.08. The van der Waals surface area contributed by atoms with Crippen molar-refractivity contribution in [2.75, 3.05) is 20.8 Å². The van der Waals surface area contributed by atoms with E-state index < -0.39 is 0 Å². The first-order chi connectivity index (χ1) is 9.06. The first-order valence-corrected chi connectivity index (χ1v) is 6.66. The van der Waals surface area contributed by atoms with Gasteiger partial charge in [0.05, 0.1) is 20.3 Å². The average Bonchev–Trinajstić information content (AvgIpc) is 2.38. The van der Waals surface area contributed by atoms with Crippen LogP contribution in [0.25, 0.3) is 0 Å². The number of hydrogen-bond donors (Lipinski definition) is 2. The fraction of sp³-hybridized carbons (Fsp3) is 0.600. The molecule has 0 fully saturated rings. The van der Waals surface area contributed by atoms with Crippen molar-refractivity contribution in [3.05, 3.63) is 23.8 Å². The minimum Gasteiger partial charge on any atom is -0.497 e. The second kappa shape index (κ2) is 8.02. The molecule has 0 radical (unpaired) electrons. The Morgan fingerprint density at radius 1 is 1.21 bits per heavy atom. The van der Waals surface area contributed by atoms with Crippen molar-refractivity contribution in [3.63, 3.8) is 0 Å². The minimum absolute atomic E-state index is 0.302. The van der Waals surface area contributed by atoms with E-state index >= 15 is 0 Å². The highest BCUT2D eigenvalue weighted by Crippen LogP contribution is 2.24. The molecule has 0 saturated carbocycles. The van der Waals surface area contributed by atoms with Crippen LogP contribution in [0.3, 0.4) is 0 Å². The fourth-order valence-electron chi connectivity index (χ4n) is 2.00. The Hall–Kier alpha value is -1.26. The van der Waals surface area contributed by atoms with Gasteiger partial charge in [0, 0.05) is 24.7 Å². The lowest BCUT2D eigenvalue weighted by Crippen LogP contribution is -2.27. The molecule has 0 aliphatic heterocycles. The van der Waals surface area contributed by atoms with Gasteiger partial charge in [0.25, 0.3) is 0 Å². The Balaban J connectivity index is 2.48. The van der Waals surface area contributed by atoms with Crippen LogP contribution >= 0.6 is 0 Å². The highest BCUT2D eigenvalue weighted by Gasteiger charge is 2.08. The third-order valence-electron chi connectivity index (χ3n) is 2.93. The number of benzene rings is 1. The predicted octanol–water partition coefficient (Wildman–Crippen LogP) is 2.20. The normalized spacial score (nSPS) is 12.5.